The van der Waals surface area contributed by atoms with Gasteiger partial charge < -0.3 is 16.0 Å². The van der Waals surface area contributed by atoms with E-state index in [9.17, 15) is 4.79 Å². The van der Waals surface area contributed by atoms with Crippen molar-refractivity contribution in [1.82, 2.24) is 15.6 Å². The number of rotatable bonds is 5. The van der Waals surface area contributed by atoms with Crippen LogP contribution in [0.15, 0.2) is 48.7 Å². The third-order valence-electron chi connectivity index (χ3n) is 4.20. The Labute approximate surface area is 207 Å². The second kappa shape index (κ2) is 12.7. The largest absolute Gasteiger partial charge is 0.339 e. The third-order valence-corrected chi connectivity index (χ3v) is 6.42. The Morgan fingerprint density at radius 3 is 2.68 bits per heavy atom. The number of thioether (sulfide) groups is 1. The molecular weight excluding hydrogens is 495 g/mol. The first-order valence-corrected chi connectivity index (χ1v) is 12.5. The van der Waals surface area contributed by atoms with E-state index in [1.54, 1.807) is 6.20 Å². The zero-order chi connectivity index (χ0) is 22.9. The van der Waals surface area contributed by atoms with E-state index < -0.39 is 9.96 Å². The number of fused-ring (bicyclic) bond motifs is 1. The molecule has 0 aliphatic carbocycles. The smallest absolute Gasteiger partial charge is 0.245 e. The lowest BCUT2D eigenvalue weighted by atomic mass is 10.2. The van der Waals surface area contributed by atoms with Crippen molar-refractivity contribution in [3.8, 4) is 0 Å². The predicted octanol–water partition coefficient (Wildman–Crippen LogP) is 5.81. The van der Waals surface area contributed by atoms with Gasteiger partial charge in [-0.05, 0) is 42.9 Å². The molecule has 1 saturated heterocycles. The number of amides is 1. The van der Waals surface area contributed by atoms with Gasteiger partial charge in [0.25, 0.3) is 0 Å². The number of hydrogen-bond acceptors (Lipinski definition) is 4. The number of nitrogens with one attached hydrogen (secondary N) is 3. The molecule has 2 atom stereocenters. The molecule has 1 aliphatic rings. The van der Waals surface area contributed by atoms with Crippen molar-refractivity contribution in [3.63, 3.8) is 0 Å². The van der Waals surface area contributed by atoms with Crippen molar-refractivity contribution in [2.24, 2.45) is 0 Å². The highest BCUT2D eigenvalue weighted by Gasteiger charge is 2.34. The molecule has 1 aromatic heterocycles. The van der Waals surface area contributed by atoms with Crippen LogP contribution in [-0.4, -0.2) is 37.0 Å². The Morgan fingerprint density at radius 2 is 2.00 bits per heavy atom. The molecule has 0 radical (unpaired) electrons. The van der Waals surface area contributed by atoms with Gasteiger partial charge >= 0.3 is 0 Å². The Bertz CT molecular complexity index is 910. The Hall–Kier alpha value is -1.25. The molecule has 0 saturated carbocycles. The summed E-state index contributed by atoms with van der Waals surface area (Å²) in [6.07, 6.45) is 6.24. The van der Waals surface area contributed by atoms with E-state index in [1.807, 2.05) is 62.0 Å². The number of para-hydroxylation sites is 1. The summed E-state index contributed by atoms with van der Waals surface area (Å²) in [5.41, 5.74) is 1.46. The zero-order valence-electron chi connectivity index (χ0n) is 17.2. The van der Waals surface area contributed by atoms with Gasteiger partial charge in [0.1, 0.15) is 6.17 Å². The first-order chi connectivity index (χ1) is 14.8. The molecule has 1 aliphatic heterocycles. The fraction of sp³-hybridized carbons (Fsp3) is 0.381. The van der Waals surface area contributed by atoms with Gasteiger partial charge in [0.2, 0.25) is 9.70 Å². The SMILES string of the molecule is CC.O=C(/C=C/C1CCCS1)NC(NC(=S)Nc1cccc2cccnc12)C(Cl)(Cl)Cl. The van der Waals surface area contributed by atoms with Gasteiger partial charge in [-0.15, -0.1) is 0 Å². The number of thiocarbonyl (C=S) groups is 1. The van der Waals surface area contributed by atoms with E-state index in [0.29, 0.717) is 10.9 Å². The molecule has 2 aromatic rings. The average molecular weight is 520 g/mol. The van der Waals surface area contributed by atoms with Crippen molar-refractivity contribution >= 4 is 86.4 Å². The third kappa shape index (κ3) is 8.31. The van der Waals surface area contributed by atoms with Crippen molar-refractivity contribution < 1.29 is 4.79 Å². The highest BCUT2D eigenvalue weighted by atomic mass is 35.6. The monoisotopic (exact) mass is 518 g/mol. The normalized spacial score (nSPS) is 17.0. The van der Waals surface area contributed by atoms with Crippen LogP contribution in [0.25, 0.3) is 10.9 Å². The van der Waals surface area contributed by atoms with Crippen LogP contribution in [0, 0.1) is 0 Å². The topological polar surface area (TPSA) is 66.1 Å². The first-order valence-electron chi connectivity index (χ1n) is 9.91. The molecule has 5 nitrogen and oxygen atoms in total. The number of carbonyl (C=O) groups excluding carboxylic acids is 1. The number of hydrogen-bond donors (Lipinski definition) is 3. The van der Waals surface area contributed by atoms with Crippen LogP contribution in [0.1, 0.15) is 26.7 Å². The maximum Gasteiger partial charge on any atom is 0.245 e. The summed E-state index contributed by atoms with van der Waals surface area (Å²) in [5, 5.41) is 10.0. The van der Waals surface area contributed by atoms with Gasteiger partial charge in [0, 0.05) is 22.9 Å². The molecule has 3 N–H and O–H groups in total. The number of alkyl halides is 3. The summed E-state index contributed by atoms with van der Waals surface area (Å²) in [4.78, 5) is 16.6. The highest BCUT2D eigenvalue weighted by Crippen LogP contribution is 2.30. The molecule has 1 amide bonds. The summed E-state index contributed by atoms with van der Waals surface area (Å²) in [6, 6.07) is 9.48. The van der Waals surface area contributed by atoms with Crippen LogP contribution in [-0.2, 0) is 4.79 Å². The van der Waals surface area contributed by atoms with Crippen LogP contribution >= 0.6 is 58.8 Å². The summed E-state index contributed by atoms with van der Waals surface area (Å²) >= 11 is 25.3. The Kier molecular flexibility index (Phi) is 10.7. The highest BCUT2D eigenvalue weighted by molar-refractivity contribution is 8.00. The second-order valence-corrected chi connectivity index (χ2v) is 10.5. The zero-order valence-corrected chi connectivity index (χ0v) is 21.1. The number of carbonyl (C=O) groups is 1. The molecule has 168 valence electrons. The van der Waals surface area contributed by atoms with Crippen LogP contribution in [0.2, 0.25) is 0 Å². The van der Waals surface area contributed by atoms with E-state index in [-0.39, 0.29) is 11.0 Å². The van der Waals surface area contributed by atoms with Crippen LogP contribution in [0.5, 0.6) is 0 Å². The minimum atomic E-state index is -1.81. The molecule has 1 aromatic carbocycles. The van der Waals surface area contributed by atoms with Gasteiger partial charge in [-0.25, -0.2) is 0 Å². The number of aromatic nitrogens is 1. The molecule has 31 heavy (non-hydrogen) atoms. The minimum Gasteiger partial charge on any atom is -0.339 e. The van der Waals surface area contributed by atoms with Crippen molar-refractivity contribution in [2.45, 2.75) is 41.9 Å². The summed E-state index contributed by atoms with van der Waals surface area (Å²) < 4.78 is -1.81. The van der Waals surface area contributed by atoms with Gasteiger partial charge in [-0.1, -0.05) is 72.9 Å². The fourth-order valence-electron chi connectivity index (χ4n) is 2.83. The molecule has 3 rings (SSSR count). The maximum atomic E-state index is 12.3. The number of pyridine rings is 1. The van der Waals surface area contributed by atoms with E-state index in [4.69, 9.17) is 47.0 Å². The number of halogens is 3. The summed E-state index contributed by atoms with van der Waals surface area (Å²) in [5.74, 6) is 0.744. The molecule has 0 spiro atoms. The van der Waals surface area contributed by atoms with E-state index >= 15 is 0 Å². The Morgan fingerprint density at radius 1 is 1.26 bits per heavy atom. The number of benzene rings is 1. The molecule has 0 bridgehead atoms. The number of nitrogens with zero attached hydrogens (tertiary/aromatic N) is 1. The molecule has 2 heterocycles. The Balaban J connectivity index is 0.00000166. The van der Waals surface area contributed by atoms with Crippen molar-refractivity contribution in [3.05, 3.63) is 48.7 Å². The van der Waals surface area contributed by atoms with Crippen molar-refractivity contribution in [2.75, 3.05) is 11.1 Å². The lowest BCUT2D eigenvalue weighted by molar-refractivity contribution is -0.117. The van der Waals surface area contributed by atoms with E-state index in [1.165, 1.54) is 6.08 Å². The van der Waals surface area contributed by atoms with Gasteiger partial charge in [0.05, 0.1) is 11.2 Å². The van der Waals surface area contributed by atoms with Gasteiger partial charge in [-0.3, -0.25) is 9.78 Å². The van der Waals surface area contributed by atoms with Crippen LogP contribution in [0.3, 0.4) is 0 Å². The lowest BCUT2D eigenvalue weighted by Crippen LogP contribution is -2.55. The van der Waals surface area contributed by atoms with Crippen molar-refractivity contribution in [1.29, 1.82) is 0 Å². The summed E-state index contributed by atoms with van der Waals surface area (Å²) in [6.45, 7) is 4.00. The standard InChI is InChI=1S/C19H19Cl3N4OS2.C2H6/c20-19(21,22)17(25-15(27)9-8-13-6-3-11-29-13)26-18(28)24-14-7-1-4-12-5-2-10-23-16(12)14;1-2/h1-2,4-5,7-10,13,17H,3,6,11H2,(H,25,27)(H2,24,26,28);1-2H3/b9-8+;. The predicted molar refractivity (Wildman–Crippen MR) is 139 cm³/mol. The van der Waals surface area contributed by atoms with E-state index in [2.05, 4.69) is 20.9 Å². The molecule has 1 fully saturated rings. The number of anilines is 1. The quantitative estimate of drug-likeness (QED) is 0.200. The average Bonchev–Trinajstić information content (AvgIpc) is 3.27. The molecular formula is C21H25Cl3N4OS2. The first kappa shape index (κ1) is 26.0. The van der Waals surface area contributed by atoms with E-state index in [0.717, 1.165) is 29.5 Å². The lowest BCUT2D eigenvalue weighted by Gasteiger charge is -2.27. The molecule has 10 heteroatoms. The van der Waals surface area contributed by atoms with Crippen LogP contribution < -0.4 is 16.0 Å². The van der Waals surface area contributed by atoms with Gasteiger partial charge in [0.15, 0.2) is 5.11 Å². The maximum absolute atomic E-state index is 12.3. The van der Waals surface area contributed by atoms with Gasteiger partial charge in [-0.2, -0.15) is 11.8 Å². The fourth-order valence-corrected chi connectivity index (χ4v) is 4.55. The second-order valence-electron chi connectivity index (χ2n) is 6.37. The molecule has 2 unspecified atom stereocenters. The minimum absolute atomic E-state index is 0.190. The van der Waals surface area contributed by atoms with Crippen LogP contribution in [0.4, 0.5) is 5.69 Å². The summed E-state index contributed by atoms with van der Waals surface area (Å²) in [7, 11) is 0.